The Kier molecular flexibility index (Phi) is 9.92. The van der Waals surface area contributed by atoms with E-state index in [4.69, 9.17) is 0 Å². The number of hydrogen-bond acceptors (Lipinski definition) is 2. The topological polar surface area (TPSA) is 82.4 Å². The van der Waals surface area contributed by atoms with Crippen LogP contribution < -0.4 is 33.9 Å². The van der Waals surface area contributed by atoms with E-state index >= 15 is 0 Å². The van der Waals surface area contributed by atoms with Crippen LogP contribution in [0.15, 0.2) is 128 Å². The highest BCUT2D eigenvalue weighted by Gasteiger charge is 2.21. The van der Waals surface area contributed by atoms with E-state index in [0.29, 0.717) is 16.7 Å². The van der Waals surface area contributed by atoms with Gasteiger partial charge in [0.05, 0.1) is 6.16 Å². The first-order valence-electron chi connectivity index (χ1n) is 11.7. The molecule has 0 spiro atoms. The molecule has 0 aliphatic carbocycles. The van der Waals surface area contributed by atoms with Crippen LogP contribution in [0, 0.1) is 0 Å². The fourth-order valence-electron chi connectivity index (χ4n) is 4.23. The standard InChI is InChI=1S/C30H23N2O4P.2ClH/c33-30(25-6-2-1-3-7-25)26-10-12-28(13-11-26)31-18-14-23(15-19-31)24-16-20-32(21-17-24)29-9-5-4-8-27(29)22-37(34,35)36;;/h1-21H,22H2;2*1H. The molecule has 0 unspecified atom stereocenters. The van der Waals surface area contributed by atoms with Gasteiger partial charge in [-0.05, 0) is 23.3 Å². The van der Waals surface area contributed by atoms with Gasteiger partial charge in [0.1, 0.15) is 0 Å². The van der Waals surface area contributed by atoms with E-state index in [0.717, 1.165) is 22.5 Å². The molecule has 0 saturated carbocycles. The molecule has 0 fully saturated rings. The molecule has 0 saturated heterocycles. The molecule has 2 aromatic heterocycles. The maximum Gasteiger partial charge on any atom is 0.330 e. The summed E-state index contributed by atoms with van der Waals surface area (Å²) in [7, 11) is -4.18. The highest BCUT2D eigenvalue weighted by atomic mass is 35.5. The second kappa shape index (κ2) is 12.9. The minimum atomic E-state index is -4.18. The molecule has 198 valence electrons. The molecular formula is C30H25Cl2N2O4P. The summed E-state index contributed by atoms with van der Waals surface area (Å²) >= 11 is 0. The number of rotatable bonds is 7. The zero-order valence-electron chi connectivity index (χ0n) is 20.6. The van der Waals surface area contributed by atoms with Gasteiger partial charge in [0.25, 0.3) is 0 Å². The fourth-order valence-corrected chi connectivity index (χ4v) is 4.94. The Morgan fingerprint density at radius 3 is 1.67 bits per heavy atom. The van der Waals surface area contributed by atoms with E-state index in [2.05, 4.69) is 0 Å². The monoisotopic (exact) mass is 578 g/mol. The first-order chi connectivity index (χ1) is 17.9. The molecule has 6 nitrogen and oxygen atoms in total. The molecule has 0 aliphatic heterocycles. The van der Waals surface area contributed by atoms with Crippen molar-refractivity contribution in [1.29, 1.82) is 0 Å². The largest absolute Gasteiger partial charge is 1.00 e. The molecule has 5 rings (SSSR count). The lowest BCUT2D eigenvalue weighted by Gasteiger charge is -2.07. The van der Waals surface area contributed by atoms with Crippen LogP contribution in [0.2, 0.25) is 0 Å². The lowest BCUT2D eigenvalue weighted by Crippen LogP contribution is -3.00. The van der Waals surface area contributed by atoms with Gasteiger partial charge in [0, 0.05) is 59.2 Å². The van der Waals surface area contributed by atoms with Crippen molar-refractivity contribution in [2.24, 2.45) is 0 Å². The molecule has 0 amide bonds. The quantitative estimate of drug-likeness (QED) is 0.145. The molecular weight excluding hydrogens is 554 g/mol. The van der Waals surface area contributed by atoms with Crippen molar-refractivity contribution >= 4 is 13.4 Å². The third kappa shape index (κ3) is 7.27. The normalized spacial score (nSPS) is 10.7. The van der Waals surface area contributed by atoms with Gasteiger partial charge in [0.15, 0.2) is 30.6 Å². The van der Waals surface area contributed by atoms with Crippen molar-refractivity contribution in [3.8, 4) is 22.5 Å². The number of aromatic nitrogens is 2. The molecule has 3 aromatic carbocycles. The maximum atomic E-state index is 12.6. The summed E-state index contributed by atoms with van der Waals surface area (Å²) in [6.45, 7) is 0. The summed E-state index contributed by atoms with van der Waals surface area (Å²) < 4.78 is 15.4. The summed E-state index contributed by atoms with van der Waals surface area (Å²) in [5.74, 6) is -0.00169. The number of benzene rings is 3. The molecule has 0 atom stereocenters. The van der Waals surface area contributed by atoms with E-state index in [1.54, 1.807) is 12.1 Å². The second-order valence-corrected chi connectivity index (χ2v) is 10.3. The smallest absolute Gasteiger partial charge is 0.330 e. The Morgan fingerprint density at radius 2 is 1.10 bits per heavy atom. The van der Waals surface area contributed by atoms with Crippen molar-refractivity contribution in [3.63, 3.8) is 0 Å². The van der Waals surface area contributed by atoms with Crippen molar-refractivity contribution < 1.29 is 53.1 Å². The van der Waals surface area contributed by atoms with E-state index in [1.807, 2.05) is 125 Å². The second-order valence-electron chi connectivity index (χ2n) is 8.68. The van der Waals surface area contributed by atoms with Gasteiger partial charge in [-0.2, -0.15) is 9.13 Å². The molecule has 9 heteroatoms. The van der Waals surface area contributed by atoms with Crippen molar-refractivity contribution in [2.75, 3.05) is 0 Å². The number of carbonyl (C=O) groups excluding carboxylic acids is 1. The Morgan fingerprint density at radius 1 is 0.615 bits per heavy atom. The maximum absolute atomic E-state index is 12.6. The number of nitrogens with zero attached hydrogens (tertiary/aromatic N) is 2. The van der Waals surface area contributed by atoms with Crippen LogP contribution in [-0.2, 0) is 10.7 Å². The molecule has 0 radical (unpaired) electrons. The predicted molar refractivity (Wildman–Crippen MR) is 141 cm³/mol. The summed E-state index contributed by atoms with van der Waals surface area (Å²) in [5, 5.41) is 0. The van der Waals surface area contributed by atoms with Crippen LogP contribution in [-0.4, -0.2) is 15.6 Å². The summed E-state index contributed by atoms with van der Waals surface area (Å²) in [4.78, 5) is 31.5. The van der Waals surface area contributed by atoms with Crippen LogP contribution in [0.1, 0.15) is 21.5 Å². The van der Waals surface area contributed by atoms with Gasteiger partial charge >= 0.3 is 7.60 Å². The molecule has 0 aliphatic rings. The first kappa shape index (κ1) is 29.9. The number of carbonyl (C=O) groups is 1. The van der Waals surface area contributed by atoms with Gasteiger partial charge in [-0.1, -0.05) is 48.5 Å². The zero-order valence-corrected chi connectivity index (χ0v) is 23.0. The highest BCUT2D eigenvalue weighted by Crippen LogP contribution is 2.39. The van der Waals surface area contributed by atoms with Gasteiger partial charge in [-0.25, -0.2) is 0 Å². The highest BCUT2D eigenvalue weighted by molar-refractivity contribution is 7.50. The third-order valence-electron chi connectivity index (χ3n) is 6.10. The van der Waals surface area contributed by atoms with Crippen LogP contribution in [0.4, 0.5) is 0 Å². The Balaban J connectivity index is 0.00000210. The average Bonchev–Trinajstić information content (AvgIpc) is 2.93. The van der Waals surface area contributed by atoms with Crippen LogP contribution >= 0.6 is 7.60 Å². The minimum Gasteiger partial charge on any atom is -1.00 e. The third-order valence-corrected chi connectivity index (χ3v) is 6.85. The van der Waals surface area contributed by atoms with Crippen LogP contribution in [0.3, 0.4) is 0 Å². The lowest BCUT2D eigenvalue weighted by molar-refractivity contribution is -0.596. The first-order valence-corrected chi connectivity index (χ1v) is 13.5. The van der Waals surface area contributed by atoms with Gasteiger partial charge in [-0.3, -0.25) is 9.36 Å². The molecule has 2 heterocycles. The van der Waals surface area contributed by atoms with Crippen LogP contribution in [0.25, 0.3) is 22.5 Å². The van der Waals surface area contributed by atoms with Crippen molar-refractivity contribution in [2.45, 2.75) is 6.16 Å². The lowest BCUT2D eigenvalue weighted by atomic mass is 10.0. The minimum absolute atomic E-state index is 0. The summed E-state index contributed by atoms with van der Waals surface area (Å²) in [6, 6.07) is 31.9. The van der Waals surface area contributed by atoms with E-state index in [-0.39, 0.29) is 36.8 Å². The predicted octanol–water partition coefficient (Wildman–Crippen LogP) is -1.18. The molecule has 0 bridgehead atoms. The number of hydrogen-bond donors (Lipinski definition) is 2. The number of halogens is 2. The number of ketones is 1. The molecule has 5 aromatic rings. The number of para-hydroxylation sites is 1. The SMILES string of the molecule is O=C(c1ccccc1)c1ccc(-[n+]2ccc(-c3cc[n+](-c4ccccc4CP(=O)(O)O)cc3)cc2)cc1.[Cl-].[Cl-]. The van der Waals surface area contributed by atoms with Gasteiger partial charge in [0.2, 0.25) is 11.4 Å². The Labute approximate surface area is 239 Å². The van der Waals surface area contributed by atoms with Crippen molar-refractivity contribution in [1.82, 2.24) is 0 Å². The molecule has 2 N–H and O–H groups in total. The average molecular weight is 579 g/mol. The van der Waals surface area contributed by atoms with E-state index in [9.17, 15) is 19.1 Å². The van der Waals surface area contributed by atoms with Gasteiger partial charge < -0.3 is 34.6 Å². The fraction of sp³-hybridized carbons (Fsp3) is 0.0333. The van der Waals surface area contributed by atoms with E-state index in [1.165, 1.54) is 0 Å². The van der Waals surface area contributed by atoms with Gasteiger partial charge in [-0.15, -0.1) is 0 Å². The Hall–Kier alpha value is -3.64. The summed E-state index contributed by atoms with van der Waals surface area (Å²) in [5.41, 5.74) is 5.63. The molecule has 39 heavy (non-hydrogen) atoms. The van der Waals surface area contributed by atoms with Crippen LogP contribution in [0.5, 0.6) is 0 Å². The van der Waals surface area contributed by atoms with E-state index < -0.39 is 7.60 Å². The Bertz CT molecular complexity index is 1590. The zero-order chi connectivity index (χ0) is 25.8. The van der Waals surface area contributed by atoms with Crippen molar-refractivity contribution in [3.05, 3.63) is 145 Å². The summed E-state index contributed by atoms with van der Waals surface area (Å²) in [6.07, 6.45) is 7.41. The number of pyridine rings is 2.